The predicted octanol–water partition coefficient (Wildman–Crippen LogP) is 3.60. The molecule has 5 heteroatoms. The van der Waals surface area contributed by atoms with Gasteiger partial charge in [-0.3, -0.25) is 0 Å². The Hall–Kier alpha value is -2.32. The summed E-state index contributed by atoms with van der Waals surface area (Å²) in [5, 5.41) is 17.9. The van der Waals surface area contributed by atoms with E-state index in [1.165, 1.54) is 12.1 Å². The van der Waals surface area contributed by atoms with Crippen LogP contribution in [0.3, 0.4) is 0 Å². The zero-order chi connectivity index (χ0) is 14.5. The van der Waals surface area contributed by atoms with Crippen molar-refractivity contribution in [1.82, 2.24) is 0 Å². The average molecular weight is 332 g/mol. The van der Waals surface area contributed by atoms with Crippen LogP contribution in [0.2, 0.25) is 0 Å². The highest BCUT2D eigenvalue weighted by Gasteiger charge is 2.08. The van der Waals surface area contributed by atoms with E-state index >= 15 is 0 Å². The van der Waals surface area contributed by atoms with E-state index in [2.05, 4.69) is 22.0 Å². The number of benzene rings is 2. The summed E-state index contributed by atoms with van der Waals surface area (Å²) in [6, 6.07) is 13.7. The smallest absolute Gasteiger partial charge is 0.335 e. The standard InChI is InChI=1S/C15H10BrNO3/c16-13-7-10(15(18)19)5-6-12(13)9-20-14-4-2-1-3-11(14)8-17/h1-7H,9H2,(H,18,19). The third kappa shape index (κ3) is 3.16. The maximum Gasteiger partial charge on any atom is 0.335 e. The summed E-state index contributed by atoms with van der Waals surface area (Å²) < 4.78 is 6.25. The molecule has 1 N–H and O–H groups in total. The lowest BCUT2D eigenvalue weighted by Gasteiger charge is -2.09. The van der Waals surface area contributed by atoms with Crippen molar-refractivity contribution in [3.63, 3.8) is 0 Å². The van der Waals surface area contributed by atoms with Gasteiger partial charge in [-0.05, 0) is 24.3 Å². The second-order valence-corrected chi connectivity index (χ2v) is 4.86. The Kier molecular flexibility index (Phi) is 4.38. The lowest BCUT2D eigenvalue weighted by atomic mass is 10.1. The summed E-state index contributed by atoms with van der Waals surface area (Å²) in [5.74, 6) is -0.475. The van der Waals surface area contributed by atoms with Gasteiger partial charge < -0.3 is 9.84 Å². The van der Waals surface area contributed by atoms with Gasteiger partial charge in [0.15, 0.2) is 0 Å². The Balaban J connectivity index is 2.16. The summed E-state index contributed by atoms with van der Waals surface area (Å²) in [6.45, 7) is 0.249. The number of para-hydroxylation sites is 1. The van der Waals surface area contributed by atoms with Crippen molar-refractivity contribution in [1.29, 1.82) is 5.26 Å². The molecule has 0 aliphatic rings. The minimum atomic E-state index is -0.979. The number of ether oxygens (including phenoxy) is 1. The fraction of sp³-hybridized carbons (Fsp3) is 0.0667. The highest BCUT2D eigenvalue weighted by molar-refractivity contribution is 9.10. The Morgan fingerprint density at radius 3 is 2.70 bits per heavy atom. The molecule has 0 aliphatic carbocycles. The van der Waals surface area contributed by atoms with E-state index in [9.17, 15) is 4.79 Å². The molecule has 0 saturated heterocycles. The van der Waals surface area contributed by atoms with Gasteiger partial charge in [0, 0.05) is 10.0 Å². The van der Waals surface area contributed by atoms with Gasteiger partial charge >= 0.3 is 5.97 Å². The fourth-order valence-corrected chi connectivity index (χ4v) is 2.13. The van der Waals surface area contributed by atoms with Crippen molar-refractivity contribution in [2.75, 3.05) is 0 Å². The maximum atomic E-state index is 10.8. The molecule has 20 heavy (non-hydrogen) atoms. The summed E-state index contributed by atoms with van der Waals surface area (Å²) in [7, 11) is 0. The number of hydrogen-bond acceptors (Lipinski definition) is 3. The minimum absolute atomic E-state index is 0.207. The maximum absolute atomic E-state index is 10.8. The van der Waals surface area contributed by atoms with Crippen LogP contribution < -0.4 is 4.74 Å². The number of rotatable bonds is 4. The largest absolute Gasteiger partial charge is 0.487 e. The minimum Gasteiger partial charge on any atom is -0.487 e. The van der Waals surface area contributed by atoms with Gasteiger partial charge in [0.2, 0.25) is 0 Å². The van der Waals surface area contributed by atoms with Crippen LogP contribution in [0.15, 0.2) is 46.9 Å². The zero-order valence-electron chi connectivity index (χ0n) is 10.3. The molecule has 0 radical (unpaired) electrons. The molecule has 0 bridgehead atoms. The second kappa shape index (κ2) is 6.22. The Morgan fingerprint density at radius 1 is 1.30 bits per heavy atom. The lowest BCUT2D eigenvalue weighted by molar-refractivity contribution is 0.0696. The number of carboxylic acids is 1. The van der Waals surface area contributed by atoms with Crippen molar-refractivity contribution in [3.8, 4) is 11.8 Å². The van der Waals surface area contributed by atoms with Crippen LogP contribution in [0, 0.1) is 11.3 Å². The highest BCUT2D eigenvalue weighted by atomic mass is 79.9. The van der Waals surface area contributed by atoms with Crippen molar-refractivity contribution in [3.05, 3.63) is 63.6 Å². The quantitative estimate of drug-likeness (QED) is 0.929. The highest BCUT2D eigenvalue weighted by Crippen LogP contribution is 2.22. The van der Waals surface area contributed by atoms with Crippen LogP contribution in [-0.2, 0) is 6.61 Å². The molecule has 0 heterocycles. The van der Waals surface area contributed by atoms with Gasteiger partial charge in [0.05, 0.1) is 11.1 Å². The van der Waals surface area contributed by atoms with Crippen LogP contribution in [0.4, 0.5) is 0 Å². The molecular formula is C15H10BrNO3. The average Bonchev–Trinajstić information content (AvgIpc) is 2.46. The molecule has 0 spiro atoms. The Labute approximate surface area is 124 Å². The Morgan fingerprint density at radius 2 is 2.05 bits per heavy atom. The Bertz CT molecular complexity index is 692. The first kappa shape index (κ1) is 14.1. The van der Waals surface area contributed by atoms with Crippen molar-refractivity contribution in [2.45, 2.75) is 6.61 Å². The molecule has 0 saturated carbocycles. The van der Waals surface area contributed by atoms with Gasteiger partial charge in [0.25, 0.3) is 0 Å². The number of halogens is 1. The van der Waals surface area contributed by atoms with E-state index < -0.39 is 5.97 Å². The SMILES string of the molecule is N#Cc1ccccc1OCc1ccc(C(=O)O)cc1Br. The first-order chi connectivity index (χ1) is 9.61. The zero-order valence-corrected chi connectivity index (χ0v) is 11.9. The van der Waals surface area contributed by atoms with E-state index in [0.717, 1.165) is 5.56 Å². The lowest BCUT2D eigenvalue weighted by Crippen LogP contribution is -2.01. The van der Waals surface area contributed by atoms with Gasteiger partial charge in [-0.1, -0.05) is 34.1 Å². The second-order valence-electron chi connectivity index (χ2n) is 4.01. The normalized spacial score (nSPS) is 9.80. The first-order valence-corrected chi connectivity index (χ1v) is 6.55. The van der Waals surface area contributed by atoms with Crippen LogP contribution in [-0.4, -0.2) is 11.1 Å². The molecule has 0 unspecified atom stereocenters. The van der Waals surface area contributed by atoms with Crippen LogP contribution >= 0.6 is 15.9 Å². The van der Waals surface area contributed by atoms with Crippen LogP contribution in [0.5, 0.6) is 5.75 Å². The number of aromatic carboxylic acids is 1. The molecule has 2 aromatic rings. The van der Waals surface area contributed by atoms with Crippen molar-refractivity contribution < 1.29 is 14.6 Å². The number of carboxylic acid groups (broad SMARTS) is 1. The van der Waals surface area contributed by atoms with E-state index in [1.807, 2.05) is 0 Å². The summed E-state index contributed by atoms with van der Waals surface area (Å²) in [4.78, 5) is 10.8. The number of nitriles is 1. The van der Waals surface area contributed by atoms with Gasteiger partial charge in [-0.2, -0.15) is 5.26 Å². The van der Waals surface area contributed by atoms with Gasteiger partial charge in [-0.25, -0.2) is 4.79 Å². The number of hydrogen-bond donors (Lipinski definition) is 1. The molecular weight excluding hydrogens is 322 g/mol. The monoisotopic (exact) mass is 331 g/mol. The van der Waals surface area contributed by atoms with Crippen molar-refractivity contribution in [2.24, 2.45) is 0 Å². The first-order valence-electron chi connectivity index (χ1n) is 5.75. The fourth-order valence-electron chi connectivity index (χ4n) is 1.64. The molecule has 2 aromatic carbocycles. The van der Waals surface area contributed by atoms with Crippen LogP contribution in [0.1, 0.15) is 21.5 Å². The topological polar surface area (TPSA) is 70.3 Å². The third-order valence-electron chi connectivity index (χ3n) is 2.69. The molecule has 0 atom stereocenters. The molecule has 4 nitrogen and oxygen atoms in total. The van der Waals surface area contributed by atoms with Gasteiger partial charge in [-0.15, -0.1) is 0 Å². The van der Waals surface area contributed by atoms with E-state index in [1.54, 1.807) is 30.3 Å². The van der Waals surface area contributed by atoms with E-state index in [4.69, 9.17) is 15.1 Å². The summed E-state index contributed by atoms with van der Waals surface area (Å²) >= 11 is 3.32. The molecule has 0 amide bonds. The summed E-state index contributed by atoms with van der Waals surface area (Å²) in [5.41, 5.74) is 1.48. The van der Waals surface area contributed by atoms with E-state index in [-0.39, 0.29) is 12.2 Å². The molecule has 2 rings (SSSR count). The number of nitrogens with zero attached hydrogens (tertiary/aromatic N) is 1. The molecule has 0 aromatic heterocycles. The van der Waals surface area contributed by atoms with Crippen LogP contribution in [0.25, 0.3) is 0 Å². The predicted molar refractivity (Wildman–Crippen MR) is 76.6 cm³/mol. The van der Waals surface area contributed by atoms with E-state index in [0.29, 0.717) is 15.8 Å². The van der Waals surface area contributed by atoms with Gasteiger partial charge in [0.1, 0.15) is 18.4 Å². The molecule has 0 aliphatic heterocycles. The van der Waals surface area contributed by atoms with Crippen molar-refractivity contribution >= 4 is 21.9 Å². The molecule has 100 valence electrons. The summed E-state index contributed by atoms with van der Waals surface area (Å²) in [6.07, 6.45) is 0. The number of carbonyl (C=O) groups is 1. The third-order valence-corrected chi connectivity index (χ3v) is 3.43. The molecule has 0 fully saturated rings.